The molecular weight excluding hydrogens is 821 g/mol. The van der Waals surface area contributed by atoms with Gasteiger partial charge in [0.15, 0.2) is 11.6 Å². The van der Waals surface area contributed by atoms with Crippen LogP contribution in [0.15, 0.2) is 218 Å². The van der Waals surface area contributed by atoms with Gasteiger partial charge in [-0.25, -0.2) is 15.0 Å². The van der Waals surface area contributed by atoms with E-state index < -0.39 is 0 Å². The number of fused-ring (bicyclic) bond motifs is 11. The average molecular weight is 857 g/mol. The fourth-order valence-electron chi connectivity index (χ4n) is 10.2. The molecule has 0 saturated heterocycles. The predicted octanol–water partition coefficient (Wildman–Crippen LogP) is 14.1. The SMILES string of the molecule is c1ccc(-c2nc(-c3ccc4c(c3)c3ccccc3n4-c3nc(-c4ccccc4)c4ccccc4n3)nc(-n3c4ccccc4c4ccc5c6ccccc6n(-c6ccccc6)c5c43)n2)cc1. The lowest BCUT2D eigenvalue weighted by molar-refractivity contribution is 0.953. The number of hydrogen-bond donors (Lipinski definition) is 0. The Morgan fingerprint density at radius 1 is 0.269 bits per heavy atom. The molecule has 0 amide bonds. The molecule has 0 aliphatic carbocycles. The standard InChI is InChI=1S/C59H36N8/c1-4-18-37(19-5-1)53-46-27-10-14-28-48(46)60-58(61-53)66-50-30-16-13-26-43(50)47-36-39(32-35-52(47)66)57-62-56(38-20-6-2-7-21-38)63-59(64-57)67-51-31-17-12-25-42(51)45-34-33-44-41-24-11-15-29-49(41)65(54(44)55(45)67)40-22-8-3-9-23-40/h1-36H. The van der Waals surface area contributed by atoms with Crippen LogP contribution >= 0.6 is 0 Å². The Morgan fingerprint density at radius 2 is 0.746 bits per heavy atom. The van der Waals surface area contributed by atoms with Gasteiger partial charge in [0.05, 0.1) is 44.3 Å². The molecule has 8 nitrogen and oxygen atoms in total. The number of rotatable bonds is 6. The zero-order valence-corrected chi connectivity index (χ0v) is 35.9. The summed E-state index contributed by atoms with van der Waals surface area (Å²) in [7, 11) is 0. The van der Waals surface area contributed by atoms with Crippen molar-refractivity contribution in [3.05, 3.63) is 218 Å². The monoisotopic (exact) mass is 856 g/mol. The Kier molecular flexibility index (Phi) is 8.11. The van der Waals surface area contributed by atoms with Gasteiger partial charge >= 0.3 is 0 Å². The number of para-hydroxylation sites is 5. The quantitative estimate of drug-likeness (QED) is 0.166. The molecule has 312 valence electrons. The minimum atomic E-state index is 0.535. The van der Waals surface area contributed by atoms with Gasteiger partial charge in [0.2, 0.25) is 11.9 Å². The number of benzene rings is 9. The predicted molar refractivity (Wildman–Crippen MR) is 272 cm³/mol. The summed E-state index contributed by atoms with van der Waals surface area (Å²) >= 11 is 0. The first-order chi connectivity index (χ1) is 33.2. The van der Waals surface area contributed by atoms with Gasteiger partial charge in [0.1, 0.15) is 0 Å². The molecule has 8 heteroatoms. The second-order valence-electron chi connectivity index (χ2n) is 16.9. The summed E-state index contributed by atoms with van der Waals surface area (Å²) in [5, 5.41) is 7.69. The molecule has 0 radical (unpaired) electrons. The maximum absolute atomic E-state index is 5.47. The van der Waals surface area contributed by atoms with Crippen LogP contribution in [-0.2, 0) is 0 Å². The summed E-state index contributed by atoms with van der Waals surface area (Å²) in [4.78, 5) is 26.6. The minimum absolute atomic E-state index is 0.535. The van der Waals surface area contributed by atoms with E-state index in [1.807, 2.05) is 36.4 Å². The fourth-order valence-corrected chi connectivity index (χ4v) is 10.2. The van der Waals surface area contributed by atoms with E-state index in [1.165, 1.54) is 5.39 Å². The first kappa shape index (κ1) is 37.1. The van der Waals surface area contributed by atoms with Gasteiger partial charge in [-0.2, -0.15) is 9.97 Å². The summed E-state index contributed by atoms with van der Waals surface area (Å²) in [5.41, 5.74) is 11.9. The van der Waals surface area contributed by atoms with Crippen LogP contribution in [0.2, 0.25) is 0 Å². The van der Waals surface area contributed by atoms with E-state index in [0.717, 1.165) is 99.0 Å². The Morgan fingerprint density at radius 3 is 1.42 bits per heavy atom. The molecule has 0 spiro atoms. The highest BCUT2D eigenvalue weighted by Crippen LogP contribution is 2.42. The van der Waals surface area contributed by atoms with Crippen molar-refractivity contribution in [2.75, 3.05) is 0 Å². The van der Waals surface area contributed by atoms with Crippen molar-refractivity contribution >= 4 is 76.3 Å². The molecule has 0 aliphatic rings. The molecule has 0 N–H and O–H groups in total. The van der Waals surface area contributed by atoms with Gasteiger partial charge in [-0.1, -0.05) is 164 Å². The van der Waals surface area contributed by atoms with Gasteiger partial charge in [0.25, 0.3) is 0 Å². The van der Waals surface area contributed by atoms with Crippen molar-refractivity contribution in [2.45, 2.75) is 0 Å². The van der Waals surface area contributed by atoms with Gasteiger partial charge < -0.3 is 4.57 Å². The molecule has 0 saturated carbocycles. The largest absolute Gasteiger partial charge is 0.307 e. The second kappa shape index (κ2) is 14.6. The van der Waals surface area contributed by atoms with Crippen LogP contribution in [0.4, 0.5) is 0 Å². The Hall–Kier alpha value is -9.27. The Bertz CT molecular complexity index is 4270. The number of aromatic nitrogens is 8. The zero-order chi connectivity index (χ0) is 44.0. The summed E-state index contributed by atoms with van der Waals surface area (Å²) in [5.74, 6) is 2.30. The smallest absolute Gasteiger partial charge is 0.238 e. The molecule has 14 aromatic rings. The van der Waals surface area contributed by atoms with Gasteiger partial charge in [-0.3, -0.25) is 9.13 Å². The zero-order valence-electron chi connectivity index (χ0n) is 35.9. The molecule has 0 unspecified atom stereocenters. The highest BCUT2D eigenvalue weighted by atomic mass is 15.2. The van der Waals surface area contributed by atoms with E-state index in [2.05, 4.69) is 196 Å². The van der Waals surface area contributed by atoms with Crippen molar-refractivity contribution in [1.82, 2.24) is 38.6 Å². The maximum atomic E-state index is 5.47. The van der Waals surface area contributed by atoms with E-state index in [0.29, 0.717) is 23.5 Å². The summed E-state index contributed by atoms with van der Waals surface area (Å²) in [6, 6.07) is 76.0. The maximum Gasteiger partial charge on any atom is 0.238 e. The minimum Gasteiger partial charge on any atom is -0.307 e. The van der Waals surface area contributed by atoms with Crippen molar-refractivity contribution < 1.29 is 0 Å². The summed E-state index contributed by atoms with van der Waals surface area (Å²) < 4.78 is 6.81. The number of hydrogen-bond acceptors (Lipinski definition) is 5. The number of nitrogens with zero attached hydrogens (tertiary/aromatic N) is 8. The van der Waals surface area contributed by atoms with Crippen LogP contribution < -0.4 is 0 Å². The first-order valence-electron chi connectivity index (χ1n) is 22.4. The van der Waals surface area contributed by atoms with Crippen molar-refractivity contribution in [3.63, 3.8) is 0 Å². The lowest BCUT2D eigenvalue weighted by Crippen LogP contribution is -2.07. The summed E-state index contributed by atoms with van der Waals surface area (Å²) in [6.07, 6.45) is 0. The van der Waals surface area contributed by atoms with E-state index in [4.69, 9.17) is 24.9 Å². The van der Waals surface area contributed by atoms with Crippen LogP contribution in [0.25, 0.3) is 128 Å². The van der Waals surface area contributed by atoms with Crippen molar-refractivity contribution in [3.8, 4) is 51.6 Å². The second-order valence-corrected chi connectivity index (χ2v) is 16.9. The van der Waals surface area contributed by atoms with Gasteiger partial charge in [-0.15, -0.1) is 0 Å². The third-order valence-corrected chi connectivity index (χ3v) is 13.1. The van der Waals surface area contributed by atoms with Crippen LogP contribution in [-0.4, -0.2) is 38.6 Å². The molecule has 67 heavy (non-hydrogen) atoms. The molecule has 5 heterocycles. The van der Waals surface area contributed by atoms with Gasteiger partial charge in [0, 0.05) is 60.1 Å². The molecule has 0 atom stereocenters. The average Bonchev–Trinajstić information content (AvgIpc) is 4.05. The molecular formula is C59H36N8. The van der Waals surface area contributed by atoms with E-state index in [9.17, 15) is 0 Å². The summed E-state index contributed by atoms with van der Waals surface area (Å²) in [6.45, 7) is 0. The molecule has 0 aliphatic heterocycles. The molecule has 5 aromatic heterocycles. The Labute approximate surface area is 383 Å². The normalized spacial score (nSPS) is 11.9. The molecule has 9 aromatic carbocycles. The third-order valence-electron chi connectivity index (χ3n) is 13.1. The Balaban J connectivity index is 1.04. The lowest BCUT2D eigenvalue weighted by Gasteiger charge is -2.13. The van der Waals surface area contributed by atoms with E-state index >= 15 is 0 Å². The third kappa shape index (κ3) is 5.70. The lowest BCUT2D eigenvalue weighted by atomic mass is 10.1. The van der Waals surface area contributed by atoms with Gasteiger partial charge in [-0.05, 0) is 54.6 Å². The van der Waals surface area contributed by atoms with Crippen molar-refractivity contribution in [2.24, 2.45) is 0 Å². The van der Waals surface area contributed by atoms with Crippen LogP contribution in [0, 0.1) is 0 Å². The molecule has 0 bridgehead atoms. The fraction of sp³-hybridized carbons (Fsp3) is 0. The topological polar surface area (TPSA) is 79.2 Å². The van der Waals surface area contributed by atoms with Crippen LogP contribution in [0.5, 0.6) is 0 Å². The van der Waals surface area contributed by atoms with E-state index in [-0.39, 0.29) is 0 Å². The van der Waals surface area contributed by atoms with Crippen LogP contribution in [0.3, 0.4) is 0 Å². The van der Waals surface area contributed by atoms with Crippen molar-refractivity contribution in [1.29, 1.82) is 0 Å². The molecule has 0 fully saturated rings. The highest BCUT2D eigenvalue weighted by Gasteiger charge is 2.24. The van der Waals surface area contributed by atoms with Crippen LogP contribution in [0.1, 0.15) is 0 Å². The first-order valence-corrected chi connectivity index (χ1v) is 22.4. The molecule has 14 rings (SSSR count). The van der Waals surface area contributed by atoms with E-state index in [1.54, 1.807) is 0 Å². The highest BCUT2D eigenvalue weighted by molar-refractivity contribution is 6.23.